The van der Waals surface area contributed by atoms with Gasteiger partial charge in [0.1, 0.15) is 6.26 Å². The molecule has 3 heteroatoms. The lowest BCUT2D eigenvalue weighted by atomic mass is 10.2. The van der Waals surface area contributed by atoms with Crippen LogP contribution < -0.4 is 5.48 Å². The van der Waals surface area contributed by atoms with Crippen LogP contribution in [0.2, 0.25) is 0 Å². The van der Waals surface area contributed by atoms with Crippen LogP contribution >= 0.6 is 0 Å². The second kappa shape index (κ2) is 2.78. The lowest BCUT2D eigenvalue weighted by molar-refractivity contribution is 0.170. The van der Waals surface area contributed by atoms with E-state index in [1.165, 1.54) is 6.26 Å². The molecule has 0 atom stereocenters. The zero-order valence-electron chi connectivity index (χ0n) is 4.79. The molecular weight excluding hydrogens is 116 g/mol. The van der Waals surface area contributed by atoms with E-state index in [0.717, 1.165) is 5.57 Å². The molecule has 0 bridgehead atoms. The zero-order valence-corrected chi connectivity index (χ0v) is 4.79. The first kappa shape index (κ1) is 5.70. The van der Waals surface area contributed by atoms with Crippen LogP contribution in [0.5, 0.6) is 0 Å². The fourth-order valence-electron chi connectivity index (χ4n) is 0.520. The summed E-state index contributed by atoms with van der Waals surface area (Å²) in [5.41, 5.74) is 3.45. The molecule has 1 rings (SSSR count). The van der Waals surface area contributed by atoms with Crippen molar-refractivity contribution in [3.8, 4) is 6.07 Å². The molecule has 46 valence electrons. The summed E-state index contributed by atoms with van der Waals surface area (Å²) < 4.78 is 0. The van der Waals surface area contributed by atoms with Crippen molar-refractivity contribution < 1.29 is 4.84 Å². The molecule has 3 nitrogen and oxygen atoms in total. The van der Waals surface area contributed by atoms with E-state index in [1.807, 2.05) is 6.07 Å². The van der Waals surface area contributed by atoms with Gasteiger partial charge < -0.3 is 4.84 Å². The molecule has 0 saturated carbocycles. The Balaban J connectivity index is 2.50. The van der Waals surface area contributed by atoms with Crippen molar-refractivity contribution in [3.05, 3.63) is 24.1 Å². The Morgan fingerprint density at radius 1 is 1.78 bits per heavy atom. The number of allylic oxidation sites excluding steroid dienone is 2. The molecule has 0 amide bonds. The molecule has 0 aromatic carbocycles. The Morgan fingerprint density at radius 2 is 2.67 bits per heavy atom. The van der Waals surface area contributed by atoms with Crippen molar-refractivity contribution in [2.24, 2.45) is 0 Å². The van der Waals surface area contributed by atoms with Gasteiger partial charge in [0.05, 0.1) is 12.5 Å². The number of hydrogen-bond acceptors (Lipinski definition) is 3. The summed E-state index contributed by atoms with van der Waals surface area (Å²) in [6.45, 7) is 0. The van der Waals surface area contributed by atoms with E-state index in [0.29, 0.717) is 6.42 Å². The maximum absolute atomic E-state index is 8.23. The third kappa shape index (κ3) is 1.50. The highest BCUT2D eigenvalue weighted by molar-refractivity contribution is 5.21. The molecule has 0 aromatic heterocycles. The maximum Gasteiger partial charge on any atom is 0.119 e. The van der Waals surface area contributed by atoms with Crippen LogP contribution in [0, 0.1) is 11.3 Å². The van der Waals surface area contributed by atoms with Gasteiger partial charge in [0.25, 0.3) is 0 Å². The topological polar surface area (TPSA) is 45.0 Å². The van der Waals surface area contributed by atoms with Crippen LogP contribution in [0.25, 0.3) is 0 Å². The summed E-state index contributed by atoms with van der Waals surface area (Å²) in [4.78, 5) is 4.63. The number of hydroxylamine groups is 1. The average molecular weight is 122 g/mol. The number of nitrogens with zero attached hydrogens (tertiary/aromatic N) is 1. The van der Waals surface area contributed by atoms with E-state index in [9.17, 15) is 0 Å². The van der Waals surface area contributed by atoms with Crippen molar-refractivity contribution in [1.29, 1.82) is 5.26 Å². The van der Waals surface area contributed by atoms with Gasteiger partial charge >= 0.3 is 0 Å². The molecule has 0 aliphatic carbocycles. The molecule has 1 aliphatic rings. The lowest BCUT2D eigenvalue weighted by Gasteiger charge is -2.04. The average Bonchev–Trinajstić information content (AvgIpc) is 1.91. The third-order valence-corrected chi connectivity index (χ3v) is 0.946. The molecule has 9 heavy (non-hydrogen) atoms. The van der Waals surface area contributed by atoms with Crippen LogP contribution in [0.1, 0.15) is 6.42 Å². The molecule has 0 spiro atoms. The molecule has 0 fully saturated rings. The number of rotatable bonds is 1. The van der Waals surface area contributed by atoms with Gasteiger partial charge in [-0.25, -0.2) is 5.48 Å². The highest BCUT2D eigenvalue weighted by atomic mass is 16.6. The number of nitriles is 1. The first-order valence-electron chi connectivity index (χ1n) is 2.57. The van der Waals surface area contributed by atoms with E-state index in [4.69, 9.17) is 5.26 Å². The Morgan fingerprint density at radius 3 is 3.22 bits per heavy atom. The molecular formula is C6H6N2O. The first-order valence-corrected chi connectivity index (χ1v) is 2.57. The fourth-order valence-corrected chi connectivity index (χ4v) is 0.520. The lowest BCUT2D eigenvalue weighted by Crippen LogP contribution is -2.05. The first-order chi connectivity index (χ1) is 4.43. The molecule has 0 saturated heterocycles. The van der Waals surface area contributed by atoms with Gasteiger partial charge in [-0.3, -0.25) is 0 Å². The summed E-state index contributed by atoms with van der Waals surface area (Å²) in [5.74, 6) is 0. The smallest absolute Gasteiger partial charge is 0.119 e. The van der Waals surface area contributed by atoms with Crippen molar-refractivity contribution in [2.45, 2.75) is 6.42 Å². The monoisotopic (exact) mass is 122 g/mol. The summed E-state index contributed by atoms with van der Waals surface area (Å²) in [6.07, 6.45) is 5.34. The third-order valence-electron chi connectivity index (χ3n) is 0.946. The van der Waals surface area contributed by atoms with Gasteiger partial charge in [0.2, 0.25) is 0 Å². The number of hydrogen-bond donors (Lipinski definition) is 1. The highest BCUT2D eigenvalue weighted by Gasteiger charge is 1.93. The standard InChI is InChI=1S/C6H6N2O/c7-3-1-6-2-4-9-8-5-6/h2,4-5,8H,1H2. The predicted octanol–water partition coefficient (Wildman–Crippen LogP) is 0.832. The van der Waals surface area contributed by atoms with E-state index >= 15 is 0 Å². The Labute approximate surface area is 53.2 Å². The molecule has 1 N–H and O–H groups in total. The van der Waals surface area contributed by atoms with E-state index in [2.05, 4.69) is 10.3 Å². The van der Waals surface area contributed by atoms with Crippen LogP contribution in [0.15, 0.2) is 24.1 Å². The maximum atomic E-state index is 8.23. The van der Waals surface area contributed by atoms with E-state index in [-0.39, 0.29) is 0 Å². The summed E-state index contributed by atoms with van der Waals surface area (Å²) in [5, 5.41) is 8.23. The molecule has 0 radical (unpaired) electrons. The van der Waals surface area contributed by atoms with Gasteiger partial charge in [-0.1, -0.05) is 0 Å². The second-order valence-corrected chi connectivity index (χ2v) is 1.59. The Hall–Kier alpha value is -1.43. The SMILES string of the molecule is N#CCC1=CNOC=C1. The fraction of sp³-hybridized carbons (Fsp3) is 0.167. The van der Waals surface area contributed by atoms with Gasteiger partial charge in [-0.15, -0.1) is 0 Å². The van der Waals surface area contributed by atoms with Crippen molar-refractivity contribution in [1.82, 2.24) is 5.48 Å². The van der Waals surface area contributed by atoms with Crippen LogP contribution in [0.4, 0.5) is 0 Å². The van der Waals surface area contributed by atoms with E-state index < -0.39 is 0 Å². The predicted molar refractivity (Wildman–Crippen MR) is 31.7 cm³/mol. The van der Waals surface area contributed by atoms with E-state index in [1.54, 1.807) is 12.3 Å². The number of nitrogens with one attached hydrogen (secondary N) is 1. The minimum Gasteiger partial charge on any atom is -0.391 e. The molecule has 1 heterocycles. The second-order valence-electron chi connectivity index (χ2n) is 1.59. The minimum atomic E-state index is 0.423. The van der Waals surface area contributed by atoms with Gasteiger partial charge in [-0.05, 0) is 11.6 Å². The normalized spacial score (nSPS) is 14.8. The van der Waals surface area contributed by atoms with Gasteiger partial charge in [0, 0.05) is 6.20 Å². The Kier molecular flexibility index (Phi) is 1.76. The summed E-state index contributed by atoms with van der Waals surface area (Å²) in [7, 11) is 0. The van der Waals surface area contributed by atoms with Crippen molar-refractivity contribution in [2.75, 3.05) is 0 Å². The van der Waals surface area contributed by atoms with Crippen molar-refractivity contribution >= 4 is 0 Å². The Bertz CT molecular complexity index is 188. The quantitative estimate of drug-likeness (QED) is 0.560. The highest BCUT2D eigenvalue weighted by Crippen LogP contribution is 2.03. The van der Waals surface area contributed by atoms with Crippen molar-refractivity contribution in [3.63, 3.8) is 0 Å². The summed E-state index contributed by atoms with van der Waals surface area (Å²) in [6, 6.07) is 2.02. The molecule has 1 aliphatic heterocycles. The van der Waals surface area contributed by atoms with Gasteiger partial charge in [-0.2, -0.15) is 5.26 Å². The van der Waals surface area contributed by atoms with Crippen LogP contribution in [0.3, 0.4) is 0 Å². The molecule has 0 unspecified atom stereocenters. The van der Waals surface area contributed by atoms with Crippen LogP contribution in [-0.2, 0) is 4.84 Å². The zero-order chi connectivity index (χ0) is 6.53. The van der Waals surface area contributed by atoms with Gasteiger partial charge in [0.15, 0.2) is 0 Å². The largest absolute Gasteiger partial charge is 0.391 e. The minimum absolute atomic E-state index is 0.423. The van der Waals surface area contributed by atoms with Crippen LogP contribution in [-0.4, -0.2) is 0 Å². The summed E-state index contributed by atoms with van der Waals surface area (Å²) >= 11 is 0. The molecule has 0 aromatic rings.